The van der Waals surface area contributed by atoms with Crippen molar-refractivity contribution in [1.29, 1.82) is 0 Å². The summed E-state index contributed by atoms with van der Waals surface area (Å²) >= 11 is 0. The topological polar surface area (TPSA) is 49.4 Å². The van der Waals surface area contributed by atoms with Gasteiger partial charge in [-0.05, 0) is 36.6 Å². The van der Waals surface area contributed by atoms with Crippen molar-refractivity contribution in [3.8, 4) is 0 Å². The van der Waals surface area contributed by atoms with E-state index in [-0.39, 0.29) is 17.8 Å². The summed E-state index contributed by atoms with van der Waals surface area (Å²) in [7, 11) is 0. The first-order valence-electron chi connectivity index (χ1n) is 8.32. The molecule has 0 radical (unpaired) electrons. The predicted molar refractivity (Wildman–Crippen MR) is 89.4 cm³/mol. The van der Waals surface area contributed by atoms with Gasteiger partial charge in [0.15, 0.2) is 0 Å². The summed E-state index contributed by atoms with van der Waals surface area (Å²) in [5, 5.41) is 2.56. The highest BCUT2D eigenvalue weighted by atomic mass is 19.1. The van der Waals surface area contributed by atoms with Gasteiger partial charge in [0.2, 0.25) is 11.8 Å². The molecule has 2 aromatic carbocycles. The second-order valence-electron chi connectivity index (χ2n) is 6.52. The van der Waals surface area contributed by atoms with Crippen molar-refractivity contribution in [3.05, 3.63) is 58.9 Å². The maximum Gasteiger partial charge on any atom is 0.235 e. The molecule has 1 atom stereocenters. The molecule has 4 nitrogen and oxygen atoms in total. The highest BCUT2D eigenvalue weighted by molar-refractivity contribution is 6.06. The molecule has 26 heavy (non-hydrogen) atoms. The van der Waals surface area contributed by atoms with Gasteiger partial charge in [0.1, 0.15) is 17.5 Å². The maximum absolute atomic E-state index is 14.1. The minimum absolute atomic E-state index is 0.0961. The lowest BCUT2D eigenvalue weighted by molar-refractivity contribution is -0.124. The number of carbonyl (C=O) groups is 2. The molecule has 0 saturated carbocycles. The number of hydrogen-bond donors (Lipinski definition) is 1. The fourth-order valence-electron chi connectivity index (χ4n) is 3.69. The fourth-order valence-corrected chi connectivity index (χ4v) is 3.69. The molecule has 4 rings (SSSR count). The number of nitrogens with zero attached hydrogens (tertiary/aromatic N) is 1. The van der Waals surface area contributed by atoms with Gasteiger partial charge < -0.3 is 10.2 Å². The Kier molecular flexibility index (Phi) is 3.94. The first-order valence-corrected chi connectivity index (χ1v) is 8.32. The minimum Gasteiger partial charge on any atom is -0.326 e. The van der Waals surface area contributed by atoms with Crippen LogP contribution < -0.4 is 10.2 Å². The van der Waals surface area contributed by atoms with Gasteiger partial charge >= 0.3 is 0 Å². The molecule has 2 amide bonds. The predicted octanol–water partition coefficient (Wildman–Crippen LogP) is 3.51. The van der Waals surface area contributed by atoms with E-state index in [1.165, 1.54) is 17.0 Å². The second-order valence-corrected chi connectivity index (χ2v) is 6.52. The zero-order valence-corrected chi connectivity index (χ0v) is 13.7. The third-order valence-electron chi connectivity index (χ3n) is 4.85. The van der Waals surface area contributed by atoms with Gasteiger partial charge in [0.25, 0.3) is 0 Å². The SMILES string of the molecule is O=C1CC(C(=O)N2CCCc3c(F)cc(F)cc32)c2ccc(F)cc2N1. The van der Waals surface area contributed by atoms with Crippen LogP contribution >= 0.6 is 0 Å². The lowest BCUT2D eigenvalue weighted by Crippen LogP contribution is -2.41. The average molecular weight is 360 g/mol. The number of carbonyl (C=O) groups excluding carboxylic acids is 2. The molecule has 0 aliphatic carbocycles. The molecule has 0 aromatic heterocycles. The standard InChI is InChI=1S/C19H15F3N2O2/c20-10-3-4-12-14(9-18(25)23-16(12)7-10)19(26)24-5-1-2-13-15(22)6-11(21)8-17(13)24/h3-4,6-8,14H,1-2,5,9H2,(H,23,25). The summed E-state index contributed by atoms with van der Waals surface area (Å²) in [6.07, 6.45) is 0.857. The molecule has 1 unspecified atom stereocenters. The van der Waals surface area contributed by atoms with E-state index < -0.39 is 35.2 Å². The van der Waals surface area contributed by atoms with Crippen molar-refractivity contribution in [3.63, 3.8) is 0 Å². The van der Waals surface area contributed by atoms with Crippen LogP contribution in [0.1, 0.15) is 29.9 Å². The summed E-state index contributed by atoms with van der Waals surface area (Å²) in [6.45, 7) is 0.309. The Bertz CT molecular complexity index is 929. The Hall–Kier alpha value is -2.83. The fraction of sp³-hybridized carbons (Fsp3) is 0.263. The molecule has 0 fully saturated rings. The van der Waals surface area contributed by atoms with E-state index in [1.807, 2.05) is 0 Å². The van der Waals surface area contributed by atoms with Gasteiger partial charge in [-0.1, -0.05) is 6.07 Å². The van der Waals surface area contributed by atoms with Gasteiger partial charge in [-0.15, -0.1) is 0 Å². The summed E-state index contributed by atoms with van der Waals surface area (Å²) in [5.41, 5.74) is 1.25. The Morgan fingerprint density at radius 2 is 1.92 bits per heavy atom. The Labute approximate surface area is 147 Å². The molecule has 0 spiro atoms. The Morgan fingerprint density at radius 3 is 2.73 bits per heavy atom. The van der Waals surface area contributed by atoms with Crippen molar-refractivity contribution in [1.82, 2.24) is 0 Å². The number of halogens is 3. The summed E-state index contributed by atoms with van der Waals surface area (Å²) in [5.74, 6) is -3.60. The van der Waals surface area contributed by atoms with Crippen molar-refractivity contribution in [2.75, 3.05) is 16.8 Å². The molecule has 2 aliphatic rings. The van der Waals surface area contributed by atoms with Gasteiger partial charge in [-0.2, -0.15) is 0 Å². The average Bonchev–Trinajstić information content (AvgIpc) is 2.59. The van der Waals surface area contributed by atoms with E-state index in [2.05, 4.69) is 5.32 Å². The smallest absolute Gasteiger partial charge is 0.235 e. The van der Waals surface area contributed by atoms with E-state index in [4.69, 9.17) is 0 Å². The molecular formula is C19H15F3N2O2. The molecule has 134 valence electrons. The first-order chi connectivity index (χ1) is 12.4. The van der Waals surface area contributed by atoms with Crippen LogP contribution in [-0.2, 0) is 16.0 Å². The highest BCUT2D eigenvalue weighted by Gasteiger charge is 2.36. The maximum atomic E-state index is 14.1. The minimum atomic E-state index is -0.823. The van der Waals surface area contributed by atoms with E-state index in [0.717, 1.165) is 18.2 Å². The largest absolute Gasteiger partial charge is 0.326 e. The molecule has 2 aromatic rings. The Balaban J connectivity index is 1.75. The van der Waals surface area contributed by atoms with Crippen LogP contribution in [0.15, 0.2) is 30.3 Å². The van der Waals surface area contributed by atoms with E-state index >= 15 is 0 Å². The number of fused-ring (bicyclic) bond motifs is 2. The number of anilines is 2. The van der Waals surface area contributed by atoms with Crippen LogP contribution in [0, 0.1) is 17.5 Å². The molecule has 0 bridgehead atoms. The molecule has 7 heteroatoms. The van der Waals surface area contributed by atoms with E-state index in [0.29, 0.717) is 30.5 Å². The number of rotatable bonds is 1. The van der Waals surface area contributed by atoms with Crippen molar-refractivity contribution in [2.24, 2.45) is 0 Å². The van der Waals surface area contributed by atoms with E-state index in [9.17, 15) is 22.8 Å². The van der Waals surface area contributed by atoms with Gasteiger partial charge in [-0.3, -0.25) is 9.59 Å². The molecule has 0 saturated heterocycles. The van der Waals surface area contributed by atoms with Crippen LogP contribution in [0.3, 0.4) is 0 Å². The van der Waals surface area contributed by atoms with Crippen molar-refractivity contribution >= 4 is 23.2 Å². The monoisotopic (exact) mass is 360 g/mol. The van der Waals surface area contributed by atoms with Gasteiger partial charge in [0.05, 0.1) is 11.6 Å². The van der Waals surface area contributed by atoms with Crippen LogP contribution in [0.2, 0.25) is 0 Å². The summed E-state index contributed by atoms with van der Waals surface area (Å²) in [4.78, 5) is 26.4. The zero-order chi connectivity index (χ0) is 18.4. The molecular weight excluding hydrogens is 345 g/mol. The van der Waals surface area contributed by atoms with Crippen LogP contribution in [0.5, 0.6) is 0 Å². The molecule has 2 aliphatic heterocycles. The summed E-state index contributed by atoms with van der Waals surface area (Å²) in [6, 6.07) is 5.79. The summed E-state index contributed by atoms with van der Waals surface area (Å²) < 4.78 is 41.2. The highest BCUT2D eigenvalue weighted by Crippen LogP contribution is 2.37. The number of benzene rings is 2. The Morgan fingerprint density at radius 1 is 1.12 bits per heavy atom. The lowest BCUT2D eigenvalue weighted by atomic mass is 9.88. The zero-order valence-electron chi connectivity index (χ0n) is 13.7. The van der Waals surface area contributed by atoms with Crippen molar-refractivity contribution < 1.29 is 22.8 Å². The van der Waals surface area contributed by atoms with Crippen LogP contribution in [-0.4, -0.2) is 18.4 Å². The number of nitrogens with one attached hydrogen (secondary N) is 1. The van der Waals surface area contributed by atoms with Gasteiger partial charge in [0, 0.05) is 30.3 Å². The van der Waals surface area contributed by atoms with E-state index in [1.54, 1.807) is 0 Å². The quantitative estimate of drug-likeness (QED) is 0.846. The number of hydrogen-bond acceptors (Lipinski definition) is 2. The van der Waals surface area contributed by atoms with Gasteiger partial charge in [-0.25, -0.2) is 13.2 Å². The third-order valence-corrected chi connectivity index (χ3v) is 4.85. The molecule has 1 N–H and O–H groups in total. The lowest BCUT2D eigenvalue weighted by Gasteiger charge is -2.34. The van der Waals surface area contributed by atoms with Crippen molar-refractivity contribution in [2.45, 2.75) is 25.2 Å². The first kappa shape index (κ1) is 16.6. The second kappa shape index (κ2) is 6.16. The normalized spacial score (nSPS) is 18.8. The van der Waals surface area contributed by atoms with Crippen LogP contribution in [0.4, 0.5) is 24.5 Å². The third kappa shape index (κ3) is 2.73. The van der Waals surface area contributed by atoms with Crippen LogP contribution in [0.25, 0.3) is 0 Å². The number of amides is 2. The molecule has 2 heterocycles.